The van der Waals surface area contributed by atoms with Crippen LogP contribution < -0.4 is 5.73 Å². The average molecular weight is 273 g/mol. The van der Waals surface area contributed by atoms with Crippen molar-refractivity contribution in [2.75, 3.05) is 5.73 Å². The van der Waals surface area contributed by atoms with Gasteiger partial charge in [-0.2, -0.15) is 0 Å². The van der Waals surface area contributed by atoms with Gasteiger partial charge in [0.2, 0.25) is 0 Å². The zero-order valence-corrected chi connectivity index (χ0v) is 12.3. The first-order valence-electron chi connectivity index (χ1n) is 7.48. The van der Waals surface area contributed by atoms with Gasteiger partial charge in [0, 0.05) is 11.2 Å². The zero-order valence-electron chi connectivity index (χ0n) is 12.3. The lowest BCUT2D eigenvalue weighted by atomic mass is 9.82. The molecule has 0 amide bonds. The second-order valence-corrected chi connectivity index (χ2v) is 6.29. The minimum atomic E-state index is -0.567. The van der Waals surface area contributed by atoms with Gasteiger partial charge in [-0.1, -0.05) is 19.3 Å². The van der Waals surface area contributed by atoms with Crippen molar-refractivity contribution >= 4 is 16.7 Å². The Hall–Kier alpha value is -1.55. The van der Waals surface area contributed by atoms with Crippen molar-refractivity contribution in [2.45, 2.75) is 57.6 Å². The molecular weight excluding hydrogens is 250 g/mol. The molecule has 2 aromatic rings. The lowest BCUT2D eigenvalue weighted by Crippen LogP contribution is -2.34. The van der Waals surface area contributed by atoms with E-state index < -0.39 is 6.10 Å². The highest BCUT2D eigenvalue weighted by Gasteiger charge is 2.33. The van der Waals surface area contributed by atoms with E-state index in [4.69, 9.17) is 5.73 Å². The molecule has 0 saturated heterocycles. The molecule has 1 unspecified atom stereocenters. The van der Waals surface area contributed by atoms with Crippen LogP contribution in [0.4, 0.5) is 5.69 Å². The van der Waals surface area contributed by atoms with E-state index in [-0.39, 0.29) is 5.54 Å². The topological polar surface area (TPSA) is 64.1 Å². The highest BCUT2D eigenvalue weighted by atomic mass is 16.3. The number of imidazole rings is 1. The number of benzene rings is 1. The van der Waals surface area contributed by atoms with Crippen molar-refractivity contribution in [3.8, 4) is 0 Å². The Kier molecular flexibility index (Phi) is 3.21. The molecule has 0 spiro atoms. The van der Waals surface area contributed by atoms with Gasteiger partial charge in [0.05, 0.1) is 11.0 Å². The van der Waals surface area contributed by atoms with E-state index in [9.17, 15) is 5.11 Å². The van der Waals surface area contributed by atoms with Crippen LogP contribution in [0.15, 0.2) is 18.2 Å². The number of aromatic nitrogens is 2. The summed E-state index contributed by atoms with van der Waals surface area (Å²) >= 11 is 0. The molecule has 1 aliphatic carbocycles. The lowest BCUT2D eigenvalue weighted by Gasteiger charge is -2.37. The number of aliphatic hydroxyl groups excluding tert-OH is 1. The fourth-order valence-corrected chi connectivity index (χ4v) is 3.50. The molecule has 1 heterocycles. The second kappa shape index (κ2) is 4.77. The number of hydrogen-bond donors (Lipinski definition) is 2. The standard InChI is InChI=1S/C16H23N3O/c1-11(20)15-18-13-10-12(17)6-7-14(13)19(15)16(2)8-4-3-5-9-16/h6-7,10-11,20H,3-5,8-9,17H2,1-2H3. The third kappa shape index (κ3) is 2.08. The van der Waals surface area contributed by atoms with E-state index in [2.05, 4.69) is 16.5 Å². The van der Waals surface area contributed by atoms with Crippen LogP contribution in [0.5, 0.6) is 0 Å². The zero-order chi connectivity index (χ0) is 14.3. The molecule has 0 aliphatic heterocycles. The quantitative estimate of drug-likeness (QED) is 0.825. The van der Waals surface area contributed by atoms with Crippen LogP contribution in [0.2, 0.25) is 0 Å². The van der Waals surface area contributed by atoms with Gasteiger partial charge in [-0.3, -0.25) is 0 Å². The maximum absolute atomic E-state index is 10.1. The Balaban J connectivity index is 2.23. The summed E-state index contributed by atoms with van der Waals surface area (Å²) < 4.78 is 2.26. The predicted octanol–water partition coefficient (Wildman–Crippen LogP) is 3.35. The smallest absolute Gasteiger partial charge is 0.139 e. The number of nitrogen functional groups attached to an aromatic ring is 1. The molecule has 1 saturated carbocycles. The van der Waals surface area contributed by atoms with Crippen LogP contribution >= 0.6 is 0 Å². The molecule has 0 bridgehead atoms. The van der Waals surface area contributed by atoms with Gasteiger partial charge in [0.25, 0.3) is 0 Å². The molecule has 3 N–H and O–H groups in total. The summed E-state index contributed by atoms with van der Waals surface area (Å²) in [5, 5.41) is 10.1. The number of rotatable bonds is 2. The molecule has 3 rings (SSSR count). The first kappa shape index (κ1) is 13.4. The summed E-state index contributed by atoms with van der Waals surface area (Å²) in [6, 6.07) is 5.84. The lowest BCUT2D eigenvalue weighted by molar-refractivity contribution is 0.156. The van der Waals surface area contributed by atoms with Gasteiger partial charge in [-0.15, -0.1) is 0 Å². The summed E-state index contributed by atoms with van der Waals surface area (Å²) in [6.45, 7) is 4.07. The minimum Gasteiger partial charge on any atom is -0.399 e. The van der Waals surface area contributed by atoms with Gasteiger partial charge >= 0.3 is 0 Å². The predicted molar refractivity (Wildman–Crippen MR) is 81.5 cm³/mol. The molecule has 1 aromatic heterocycles. The normalized spacial score (nSPS) is 20.1. The summed E-state index contributed by atoms with van der Waals surface area (Å²) in [4.78, 5) is 4.63. The van der Waals surface area contributed by atoms with Crippen LogP contribution in [-0.2, 0) is 5.54 Å². The van der Waals surface area contributed by atoms with E-state index in [0.29, 0.717) is 5.69 Å². The van der Waals surface area contributed by atoms with Crippen molar-refractivity contribution in [3.63, 3.8) is 0 Å². The molecular formula is C16H23N3O. The van der Waals surface area contributed by atoms with Crippen molar-refractivity contribution in [2.24, 2.45) is 0 Å². The summed E-state index contributed by atoms with van der Waals surface area (Å²) in [5.41, 5.74) is 8.59. The number of aliphatic hydroxyl groups is 1. The molecule has 1 aliphatic rings. The van der Waals surface area contributed by atoms with Gasteiger partial charge in [0.15, 0.2) is 0 Å². The number of fused-ring (bicyclic) bond motifs is 1. The first-order chi connectivity index (χ1) is 9.51. The van der Waals surface area contributed by atoms with Crippen LogP contribution in [0, 0.1) is 0 Å². The Morgan fingerprint density at radius 1 is 1.30 bits per heavy atom. The van der Waals surface area contributed by atoms with Crippen molar-refractivity contribution in [1.29, 1.82) is 0 Å². The van der Waals surface area contributed by atoms with Crippen molar-refractivity contribution in [1.82, 2.24) is 9.55 Å². The second-order valence-electron chi connectivity index (χ2n) is 6.29. The molecule has 108 valence electrons. The summed E-state index contributed by atoms with van der Waals surface area (Å²) in [5.74, 6) is 0.759. The summed E-state index contributed by atoms with van der Waals surface area (Å²) in [6.07, 6.45) is 5.50. The Bertz CT molecular complexity index is 624. The Morgan fingerprint density at radius 2 is 2.00 bits per heavy atom. The number of anilines is 1. The first-order valence-corrected chi connectivity index (χ1v) is 7.48. The fourth-order valence-electron chi connectivity index (χ4n) is 3.50. The molecule has 20 heavy (non-hydrogen) atoms. The fraction of sp³-hybridized carbons (Fsp3) is 0.562. The van der Waals surface area contributed by atoms with E-state index in [1.165, 1.54) is 19.3 Å². The van der Waals surface area contributed by atoms with Crippen molar-refractivity contribution in [3.05, 3.63) is 24.0 Å². The van der Waals surface area contributed by atoms with E-state index in [1.807, 2.05) is 18.2 Å². The monoisotopic (exact) mass is 273 g/mol. The Labute approximate surface area is 119 Å². The van der Waals surface area contributed by atoms with Crippen molar-refractivity contribution < 1.29 is 5.11 Å². The highest BCUT2D eigenvalue weighted by Crippen LogP contribution is 2.39. The molecule has 1 atom stereocenters. The van der Waals surface area contributed by atoms with E-state index >= 15 is 0 Å². The van der Waals surface area contributed by atoms with Gasteiger partial charge in [-0.05, 0) is 44.9 Å². The van der Waals surface area contributed by atoms with Gasteiger partial charge < -0.3 is 15.4 Å². The average Bonchev–Trinajstić information content (AvgIpc) is 2.79. The maximum atomic E-state index is 10.1. The molecule has 4 heteroatoms. The van der Waals surface area contributed by atoms with Gasteiger partial charge in [0.1, 0.15) is 11.9 Å². The number of hydrogen-bond acceptors (Lipinski definition) is 3. The maximum Gasteiger partial charge on any atom is 0.139 e. The highest BCUT2D eigenvalue weighted by molar-refractivity contribution is 5.80. The van der Waals surface area contributed by atoms with Crippen LogP contribution in [0.1, 0.15) is 57.9 Å². The third-order valence-electron chi connectivity index (χ3n) is 4.55. The SMILES string of the molecule is CC(O)c1nc2cc(N)ccc2n1C1(C)CCCCC1. The number of nitrogens with zero attached hydrogens (tertiary/aromatic N) is 2. The minimum absolute atomic E-state index is 0.0510. The Morgan fingerprint density at radius 3 is 2.65 bits per heavy atom. The molecule has 1 aromatic carbocycles. The molecule has 0 radical (unpaired) electrons. The van der Waals surface area contributed by atoms with Gasteiger partial charge in [-0.25, -0.2) is 4.98 Å². The van der Waals surface area contributed by atoms with Crippen LogP contribution in [0.3, 0.4) is 0 Å². The summed E-state index contributed by atoms with van der Waals surface area (Å²) in [7, 11) is 0. The van der Waals surface area contributed by atoms with Crippen LogP contribution in [-0.4, -0.2) is 14.7 Å². The van der Waals surface area contributed by atoms with E-state index in [0.717, 1.165) is 29.7 Å². The van der Waals surface area contributed by atoms with Crippen LogP contribution in [0.25, 0.3) is 11.0 Å². The van der Waals surface area contributed by atoms with E-state index in [1.54, 1.807) is 6.92 Å². The number of nitrogens with two attached hydrogens (primary N) is 1. The largest absolute Gasteiger partial charge is 0.399 e. The molecule has 4 nitrogen and oxygen atoms in total. The third-order valence-corrected chi connectivity index (χ3v) is 4.55. The molecule has 1 fully saturated rings.